The minimum absolute atomic E-state index is 0.279. The van der Waals surface area contributed by atoms with Crippen LogP contribution in [0.5, 0.6) is 0 Å². The van der Waals surface area contributed by atoms with E-state index in [-0.39, 0.29) is 5.92 Å². The van der Waals surface area contributed by atoms with Crippen molar-refractivity contribution in [1.82, 2.24) is 9.55 Å². The Morgan fingerprint density at radius 1 is 1.22 bits per heavy atom. The summed E-state index contributed by atoms with van der Waals surface area (Å²) in [6.07, 6.45) is 7.38. The van der Waals surface area contributed by atoms with Crippen molar-refractivity contribution >= 4 is 17.3 Å². The first-order chi connectivity index (χ1) is 8.78. The van der Waals surface area contributed by atoms with Gasteiger partial charge in [0.25, 0.3) is 0 Å². The molecule has 0 N–H and O–H groups in total. The van der Waals surface area contributed by atoms with Gasteiger partial charge in [0, 0.05) is 30.8 Å². The molecule has 0 aromatic carbocycles. The molecule has 0 atom stereocenters. The molecule has 0 spiro atoms. The first-order valence-electron chi connectivity index (χ1n) is 6.65. The molecule has 2 aromatic heterocycles. The minimum Gasteiger partial charge on any atom is -0.349 e. The number of nitrogens with zero attached hydrogens (tertiary/aromatic N) is 2. The molecule has 94 valence electrons. The predicted molar refractivity (Wildman–Crippen MR) is 71.5 cm³/mol. The van der Waals surface area contributed by atoms with E-state index >= 15 is 0 Å². The van der Waals surface area contributed by atoms with Gasteiger partial charge in [-0.1, -0.05) is 0 Å². The fraction of sp³-hybridized carbons (Fsp3) is 0.467. The Labute approximate surface area is 107 Å². The lowest BCUT2D eigenvalue weighted by atomic mass is 9.81. The average molecular weight is 242 g/mol. The number of aldehydes is 1. The molecule has 2 heterocycles. The highest BCUT2D eigenvalue weighted by Crippen LogP contribution is 2.34. The Kier molecular flexibility index (Phi) is 2.90. The average Bonchev–Trinajstić information content (AvgIpc) is 2.80. The Balaban J connectivity index is 1.84. The van der Waals surface area contributed by atoms with E-state index in [4.69, 9.17) is 4.98 Å². The third-order valence-corrected chi connectivity index (χ3v) is 4.14. The quantitative estimate of drug-likeness (QED) is 0.759. The molecule has 0 amide bonds. The number of hydrogen-bond donors (Lipinski definition) is 0. The van der Waals surface area contributed by atoms with Gasteiger partial charge in [-0.25, -0.2) is 0 Å². The van der Waals surface area contributed by atoms with Crippen LogP contribution >= 0.6 is 0 Å². The van der Waals surface area contributed by atoms with Crippen molar-refractivity contribution in [1.29, 1.82) is 0 Å². The lowest BCUT2D eigenvalue weighted by molar-refractivity contribution is -0.111. The van der Waals surface area contributed by atoms with Gasteiger partial charge in [0.1, 0.15) is 6.29 Å². The minimum atomic E-state index is 0.279. The molecule has 0 aliphatic heterocycles. The summed E-state index contributed by atoms with van der Waals surface area (Å²) in [5, 5.41) is 0. The number of hydrogen-bond acceptors (Lipinski definition) is 2. The van der Waals surface area contributed by atoms with Crippen LogP contribution in [0.1, 0.15) is 37.3 Å². The Morgan fingerprint density at radius 2 is 2.00 bits per heavy atom. The van der Waals surface area contributed by atoms with E-state index in [1.165, 1.54) is 11.2 Å². The van der Waals surface area contributed by atoms with Crippen molar-refractivity contribution in [2.24, 2.45) is 13.0 Å². The molecule has 3 rings (SSSR count). The SMILES string of the molecule is Cn1ccc2nc([C@H]3CC[C@H](C=O)CC3)ccc21. The molecule has 0 radical (unpaired) electrons. The zero-order chi connectivity index (χ0) is 12.5. The van der Waals surface area contributed by atoms with Crippen LogP contribution in [0.15, 0.2) is 24.4 Å². The van der Waals surface area contributed by atoms with Gasteiger partial charge < -0.3 is 9.36 Å². The standard InChI is InChI=1S/C15H18N2O/c1-17-9-8-14-15(17)7-6-13(16-14)12-4-2-11(10-18)3-5-12/h6-12H,2-5H2,1H3/t11-,12-. The second kappa shape index (κ2) is 4.56. The molecule has 3 nitrogen and oxygen atoms in total. The van der Waals surface area contributed by atoms with Crippen LogP contribution in [0.25, 0.3) is 11.0 Å². The molecule has 1 saturated carbocycles. The van der Waals surface area contributed by atoms with Gasteiger partial charge in [-0.2, -0.15) is 0 Å². The van der Waals surface area contributed by atoms with Crippen LogP contribution in [0, 0.1) is 5.92 Å². The van der Waals surface area contributed by atoms with Gasteiger partial charge in [0.15, 0.2) is 0 Å². The molecule has 0 saturated heterocycles. The molecule has 0 bridgehead atoms. The molecule has 1 aliphatic rings. The van der Waals surface area contributed by atoms with Gasteiger partial charge in [0.2, 0.25) is 0 Å². The second-order valence-corrected chi connectivity index (χ2v) is 5.31. The smallest absolute Gasteiger partial charge is 0.123 e. The number of pyridine rings is 1. The van der Waals surface area contributed by atoms with Gasteiger partial charge in [-0.05, 0) is 43.9 Å². The monoisotopic (exact) mass is 242 g/mol. The first kappa shape index (κ1) is 11.5. The van der Waals surface area contributed by atoms with E-state index in [2.05, 4.69) is 22.8 Å². The lowest BCUT2D eigenvalue weighted by Gasteiger charge is -2.24. The molecule has 2 aromatic rings. The summed E-state index contributed by atoms with van der Waals surface area (Å²) in [4.78, 5) is 15.5. The molecule has 0 unspecified atom stereocenters. The van der Waals surface area contributed by atoms with Gasteiger partial charge in [0.05, 0.1) is 11.0 Å². The van der Waals surface area contributed by atoms with Crippen molar-refractivity contribution < 1.29 is 4.79 Å². The van der Waals surface area contributed by atoms with Crippen LogP contribution in [0.4, 0.5) is 0 Å². The van der Waals surface area contributed by atoms with E-state index < -0.39 is 0 Å². The summed E-state index contributed by atoms with van der Waals surface area (Å²) in [6.45, 7) is 0. The van der Waals surface area contributed by atoms with E-state index in [0.717, 1.165) is 37.5 Å². The first-order valence-corrected chi connectivity index (χ1v) is 6.65. The van der Waals surface area contributed by atoms with E-state index in [1.807, 2.05) is 13.2 Å². The maximum Gasteiger partial charge on any atom is 0.123 e. The van der Waals surface area contributed by atoms with E-state index in [0.29, 0.717) is 5.92 Å². The summed E-state index contributed by atoms with van der Waals surface area (Å²) in [5.41, 5.74) is 3.45. The van der Waals surface area contributed by atoms with Crippen molar-refractivity contribution in [3.63, 3.8) is 0 Å². The highest BCUT2D eigenvalue weighted by Gasteiger charge is 2.23. The van der Waals surface area contributed by atoms with E-state index in [1.54, 1.807) is 0 Å². The number of aromatic nitrogens is 2. The maximum absolute atomic E-state index is 10.8. The zero-order valence-electron chi connectivity index (χ0n) is 10.7. The highest BCUT2D eigenvalue weighted by molar-refractivity contribution is 5.75. The van der Waals surface area contributed by atoms with Crippen LogP contribution in [0.3, 0.4) is 0 Å². The normalized spacial score (nSPS) is 24.3. The van der Waals surface area contributed by atoms with Gasteiger partial charge >= 0.3 is 0 Å². The largest absolute Gasteiger partial charge is 0.349 e. The lowest BCUT2D eigenvalue weighted by Crippen LogP contribution is -2.14. The summed E-state index contributed by atoms with van der Waals surface area (Å²) < 4.78 is 2.09. The Bertz CT molecular complexity index is 565. The van der Waals surface area contributed by atoms with Crippen LogP contribution < -0.4 is 0 Å². The molecular weight excluding hydrogens is 224 g/mol. The number of carbonyl (C=O) groups is 1. The fourth-order valence-electron chi connectivity index (χ4n) is 2.95. The summed E-state index contributed by atoms with van der Waals surface area (Å²) in [7, 11) is 2.04. The zero-order valence-corrected chi connectivity index (χ0v) is 10.7. The number of carbonyl (C=O) groups excluding carboxylic acids is 1. The predicted octanol–water partition coefficient (Wildman–Crippen LogP) is 3.05. The third kappa shape index (κ3) is 1.94. The Hall–Kier alpha value is -1.64. The maximum atomic E-state index is 10.8. The molecule has 18 heavy (non-hydrogen) atoms. The van der Waals surface area contributed by atoms with Crippen LogP contribution in [-0.2, 0) is 11.8 Å². The summed E-state index contributed by atoms with van der Waals surface area (Å²) >= 11 is 0. The van der Waals surface area contributed by atoms with Gasteiger partial charge in [-0.3, -0.25) is 4.98 Å². The second-order valence-electron chi connectivity index (χ2n) is 5.31. The molecule has 3 heteroatoms. The van der Waals surface area contributed by atoms with Crippen LogP contribution in [0.2, 0.25) is 0 Å². The van der Waals surface area contributed by atoms with Gasteiger partial charge in [-0.15, -0.1) is 0 Å². The Morgan fingerprint density at radius 3 is 2.72 bits per heavy atom. The highest BCUT2D eigenvalue weighted by atomic mass is 16.1. The van der Waals surface area contributed by atoms with Crippen molar-refractivity contribution in [2.75, 3.05) is 0 Å². The molecular formula is C15H18N2O. The third-order valence-electron chi connectivity index (χ3n) is 4.14. The van der Waals surface area contributed by atoms with Crippen molar-refractivity contribution in [2.45, 2.75) is 31.6 Å². The van der Waals surface area contributed by atoms with Crippen molar-refractivity contribution in [3.8, 4) is 0 Å². The molecule has 1 fully saturated rings. The summed E-state index contributed by atoms with van der Waals surface area (Å²) in [5.74, 6) is 0.813. The van der Waals surface area contributed by atoms with Crippen molar-refractivity contribution in [3.05, 3.63) is 30.1 Å². The number of rotatable bonds is 2. The number of fused-ring (bicyclic) bond motifs is 1. The topological polar surface area (TPSA) is 34.9 Å². The van der Waals surface area contributed by atoms with Crippen LogP contribution in [-0.4, -0.2) is 15.8 Å². The molecule has 1 aliphatic carbocycles. The summed E-state index contributed by atoms with van der Waals surface area (Å²) in [6, 6.07) is 6.37. The van der Waals surface area contributed by atoms with E-state index in [9.17, 15) is 4.79 Å². The fourth-order valence-corrected chi connectivity index (χ4v) is 2.95. The number of aryl methyl sites for hydroxylation is 1.